The number of para-hydroxylation sites is 1. The summed E-state index contributed by atoms with van der Waals surface area (Å²) < 4.78 is 5.83. The second-order valence-electron chi connectivity index (χ2n) is 5.26. The molecule has 0 spiro atoms. The first-order valence-electron chi connectivity index (χ1n) is 5.97. The van der Waals surface area contributed by atoms with Crippen LogP contribution in [0.1, 0.15) is 32.8 Å². The van der Waals surface area contributed by atoms with E-state index in [1.807, 2.05) is 26.0 Å². The zero-order valence-electron chi connectivity index (χ0n) is 10.9. The summed E-state index contributed by atoms with van der Waals surface area (Å²) in [5.41, 5.74) is 1.48. The van der Waals surface area contributed by atoms with E-state index in [-0.39, 0.29) is 23.7 Å². The summed E-state index contributed by atoms with van der Waals surface area (Å²) in [6, 6.07) is 5.66. The van der Waals surface area contributed by atoms with E-state index in [1.165, 1.54) is 6.92 Å². The highest BCUT2D eigenvalue weighted by atomic mass is 16.5. The van der Waals surface area contributed by atoms with Crippen LogP contribution < -0.4 is 10.1 Å². The molecule has 1 amide bonds. The Kier molecular flexibility index (Phi) is 3.11. The molecule has 0 atom stereocenters. The first-order valence-corrected chi connectivity index (χ1v) is 5.97. The number of ether oxygens (including phenoxy) is 1. The number of rotatable bonds is 3. The molecule has 1 aliphatic heterocycles. The van der Waals surface area contributed by atoms with Crippen molar-refractivity contribution < 1.29 is 14.3 Å². The molecule has 4 nitrogen and oxygen atoms in total. The molecular weight excluding hydrogens is 230 g/mol. The third kappa shape index (κ3) is 2.70. The van der Waals surface area contributed by atoms with E-state index in [2.05, 4.69) is 5.32 Å². The molecule has 1 heterocycles. The van der Waals surface area contributed by atoms with E-state index in [0.29, 0.717) is 5.69 Å². The summed E-state index contributed by atoms with van der Waals surface area (Å²) in [4.78, 5) is 22.5. The highest BCUT2D eigenvalue weighted by Crippen LogP contribution is 2.40. The van der Waals surface area contributed by atoms with Gasteiger partial charge in [-0.05, 0) is 26.8 Å². The van der Waals surface area contributed by atoms with Crippen LogP contribution in [-0.2, 0) is 16.0 Å². The van der Waals surface area contributed by atoms with Crippen molar-refractivity contribution in [2.75, 3.05) is 5.32 Å². The van der Waals surface area contributed by atoms with Crippen LogP contribution in [0.3, 0.4) is 0 Å². The highest BCUT2D eigenvalue weighted by molar-refractivity contribution is 6.04. The molecule has 4 heteroatoms. The molecule has 1 N–H and O–H groups in total. The van der Waals surface area contributed by atoms with E-state index in [9.17, 15) is 9.59 Å². The van der Waals surface area contributed by atoms with Gasteiger partial charge in [0, 0.05) is 12.0 Å². The number of amides is 1. The second-order valence-corrected chi connectivity index (χ2v) is 5.26. The Morgan fingerprint density at radius 3 is 2.78 bits per heavy atom. The lowest BCUT2D eigenvalue weighted by atomic mass is 10.0. The molecular formula is C14H17NO3. The summed E-state index contributed by atoms with van der Waals surface area (Å²) >= 11 is 0. The van der Waals surface area contributed by atoms with Crippen LogP contribution >= 0.6 is 0 Å². The first kappa shape index (κ1) is 12.6. The monoisotopic (exact) mass is 247 g/mol. The molecule has 1 aromatic carbocycles. The van der Waals surface area contributed by atoms with Gasteiger partial charge < -0.3 is 10.1 Å². The fourth-order valence-electron chi connectivity index (χ4n) is 2.13. The largest absolute Gasteiger partial charge is 0.485 e. The van der Waals surface area contributed by atoms with Gasteiger partial charge in [-0.25, -0.2) is 0 Å². The molecule has 96 valence electrons. The number of hydrogen-bond donors (Lipinski definition) is 1. The summed E-state index contributed by atoms with van der Waals surface area (Å²) in [6.07, 6.45) is 0.714. The Morgan fingerprint density at radius 1 is 1.39 bits per heavy atom. The van der Waals surface area contributed by atoms with Crippen molar-refractivity contribution in [2.24, 2.45) is 0 Å². The smallest absolute Gasteiger partial charge is 0.231 e. The molecule has 0 unspecified atom stereocenters. The molecule has 0 saturated heterocycles. The average molecular weight is 247 g/mol. The topological polar surface area (TPSA) is 55.4 Å². The molecule has 0 fully saturated rings. The number of carbonyl (C=O) groups is 2. The maximum Gasteiger partial charge on any atom is 0.231 e. The zero-order valence-corrected chi connectivity index (χ0v) is 10.9. The Balaban J connectivity index is 2.19. The number of fused-ring (bicyclic) bond motifs is 1. The summed E-state index contributed by atoms with van der Waals surface area (Å²) in [5, 5.41) is 2.73. The van der Waals surface area contributed by atoms with E-state index in [0.717, 1.165) is 17.7 Å². The van der Waals surface area contributed by atoms with Crippen molar-refractivity contribution in [1.82, 2.24) is 0 Å². The Hall–Kier alpha value is -1.84. The van der Waals surface area contributed by atoms with Gasteiger partial charge in [0.1, 0.15) is 17.1 Å². The molecule has 1 aromatic rings. The number of hydrogen-bond acceptors (Lipinski definition) is 3. The van der Waals surface area contributed by atoms with Crippen LogP contribution in [0.4, 0.5) is 5.69 Å². The van der Waals surface area contributed by atoms with Crippen LogP contribution in [0.2, 0.25) is 0 Å². The maximum atomic E-state index is 11.6. The van der Waals surface area contributed by atoms with Crippen molar-refractivity contribution >= 4 is 17.4 Å². The fraction of sp³-hybridized carbons (Fsp3) is 0.429. The van der Waals surface area contributed by atoms with Crippen LogP contribution in [0.15, 0.2) is 18.2 Å². The third-order valence-electron chi connectivity index (χ3n) is 2.77. The lowest BCUT2D eigenvalue weighted by Gasteiger charge is -2.18. The van der Waals surface area contributed by atoms with E-state index < -0.39 is 0 Å². The van der Waals surface area contributed by atoms with Crippen molar-refractivity contribution in [3.8, 4) is 5.75 Å². The maximum absolute atomic E-state index is 11.6. The van der Waals surface area contributed by atoms with E-state index in [4.69, 9.17) is 4.74 Å². The minimum atomic E-state index is -0.302. The summed E-state index contributed by atoms with van der Waals surface area (Å²) in [7, 11) is 0. The molecule has 1 aliphatic rings. The van der Waals surface area contributed by atoms with Gasteiger partial charge in [-0.2, -0.15) is 0 Å². The van der Waals surface area contributed by atoms with Gasteiger partial charge in [0.25, 0.3) is 0 Å². The number of carbonyl (C=O) groups excluding carboxylic acids is 2. The SMILES string of the molecule is CC(=O)CC(=O)Nc1cccc2c1OC(C)(C)C2. The quantitative estimate of drug-likeness (QED) is 0.834. The first-order chi connectivity index (χ1) is 8.37. The molecule has 0 aliphatic carbocycles. The van der Waals surface area contributed by atoms with Crippen molar-refractivity contribution in [1.29, 1.82) is 0 Å². The standard InChI is InChI=1S/C14H17NO3/c1-9(16)7-12(17)15-11-6-4-5-10-8-14(2,3)18-13(10)11/h4-6H,7-8H2,1-3H3,(H,15,17). The number of nitrogens with one attached hydrogen (secondary N) is 1. The molecule has 2 rings (SSSR count). The van der Waals surface area contributed by atoms with E-state index >= 15 is 0 Å². The van der Waals surface area contributed by atoms with Crippen molar-refractivity contribution in [3.63, 3.8) is 0 Å². The van der Waals surface area contributed by atoms with Crippen molar-refractivity contribution in [3.05, 3.63) is 23.8 Å². The second kappa shape index (κ2) is 4.44. The van der Waals surface area contributed by atoms with Gasteiger partial charge in [-0.3, -0.25) is 9.59 Å². The van der Waals surface area contributed by atoms with Crippen molar-refractivity contribution in [2.45, 2.75) is 39.2 Å². The van der Waals surface area contributed by atoms with Crippen LogP contribution in [-0.4, -0.2) is 17.3 Å². The lowest BCUT2D eigenvalue weighted by molar-refractivity contribution is -0.124. The molecule has 0 bridgehead atoms. The summed E-state index contributed by atoms with van der Waals surface area (Å²) in [5.74, 6) is 0.268. The Morgan fingerprint density at radius 2 is 2.11 bits per heavy atom. The highest BCUT2D eigenvalue weighted by Gasteiger charge is 2.31. The molecule has 0 aromatic heterocycles. The number of ketones is 1. The lowest BCUT2D eigenvalue weighted by Crippen LogP contribution is -2.25. The number of Topliss-reactive ketones (excluding diaryl/α,β-unsaturated/α-hetero) is 1. The predicted octanol–water partition coefficient (Wildman–Crippen LogP) is 2.32. The van der Waals surface area contributed by atoms with Crippen LogP contribution in [0, 0.1) is 0 Å². The Bertz CT molecular complexity index is 506. The van der Waals surface area contributed by atoms with Gasteiger partial charge in [-0.15, -0.1) is 0 Å². The zero-order chi connectivity index (χ0) is 13.3. The minimum absolute atomic E-state index is 0.104. The fourth-order valence-corrected chi connectivity index (χ4v) is 2.13. The van der Waals surface area contributed by atoms with Crippen LogP contribution in [0.25, 0.3) is 0 Å². The normalized spacial score (nSPS) is 15.7. The molecule has 0 radical (unpaired) electrons. The van der Waals surface area contributed by atoms with Gasteiger partial charge in [0.2, 0.25) is 5.91 Å². The third-order valence-corrected chi connectivity index (χ3v) is 2.77. The van der Waals surface area contributed by atoms with Gasteiger partial charge >= 0.3 is 0 Å². The van der Waals surface area contributed by atoms with E-state index in [1.54, 1.807) is 6.07 Å². The predicted molar refractivity (Wildman–Crippen MR) is 68.8 cm³/mol. The minimum Gasteiger partial charge on any atom is -0.485 e. The average Bonchev–Trinajstić information content (AvgIpc) is 2.52. The summed E-state index contributed by atoms with van der Waals surface area (Å²) in [6.45, 7) is 5.41. The van der Waals surface area contributed by atoms with Gasteiger partial charge in [0.15, 0.2) is 0 Å². The number of anilines is 1. The van der Waals surface area contributed by atoms with Crippen LogP contribution in [0.5, 0.6) is 5.75 Å². The molecule has 0 saturated carbocycles. The Labute approximate surface area is 106 Å². The van der Waals surface area contributed by atoms with Gasteiger partial charge in [-0.1, -0.05) is 12.1 Å². The number of benzene rings is 1. The molecule has 18 heavy (non-hydrogen) atoms. The van der Waals surface area contributed by atoms with Gasteiger partial charge in [0.05, 0.1) is 12.1 Å².